The van der Waals surface area contributed by atoms with Gasteiger partial charge in [0.2, 0.25) is 0 Å². The van der Waals surface area contributed by atoms with E-state index in [1.54, 1.807) is 0 Å². The fraction of sp³-hybridized carbons (Fsp3) is 0.750. The van der Waals surface area contributed by atoms with Crippen LogP contribution in [-0.2, 0) is 4.74 Å². The van der Waals surface area contributed by atoms with Crippen molar-refractivity contribution in [3.8, 4) is 12.8 Å². The molecular weight excluding hydrogens is 126 g/mol. The van der Waals surface area contributed by atoms with Gasteiger partial charge in [0.15, 0.2) is 0 Å². The molecule has 1 fully saturated rings. The van der Waals surface area contributed by atoms with Crippen molar-refractivity contribution in [2.24, 2.45) is 0 Å². The molecule has 60 valence electrons. The first kappa shape index (κ1) is 12.2. The molecule has 0 unspecified atom stereocenters. The second kappa shape index (κ2) is 15.8. The minimum atomic E-state index is 1.00. The third kappa shape index (κ3) is 15.6. The number of hydrogen-bond acceptors (Lipinski definition) is 2. The fourth-order valence-electron chi connectivity index (χ4n) is 0.510. The molecule has 0 atom stereocenters. The number of nitrogens with one attached hydrogen (secondary N) is 1. The summed E-state index contributed by atoms with van der Waals surface area (Å²) in [5.74, 6) is 0. The Morgan fingerprint density at radius 2 is 1.40 bits per heavy atom. The van der Waals surface area contributed by atoms with Crippen molar-refractivity contribution in [3.63, 3.8) is 0 Å². The largest absolute Gasteiger partial charge is 0.381 e. The lowest BCUT2D eigenvalue weighted by atomic mass is 10.4. The molecule has 1 heterocycles. The molecule has 1 aliphatic rings. The van der Waals surface area contributed by atoms with E-state index in [1.807, 2.05) is 14.1 Å². The maximum absolute atomic E-state index is 4.94. The maximum atomic E-state index is 4.94. The highest BCUT2D eigenvalue weighted by molar-refractivity contribution is 4.47. The van der Waals surface area contributed by atoms with Crippen molar-refractivity contribution in [1.82, 2.24) is 5.32 Å². The molecule has 2 nitrogen and oxygen atoms in total. The van der Waals surface area contributed by atoms with E-state index in [2.05, 4.69) is 18.2 Å². The molecule has 1 N–H and O–H groups in total. The van der Waals surface area contributed by atoms with Gasteiger partial charge in [-0.1, -0.05) is 0 Å². The topological polar surface area (TPSA) is 21.3 Å². The van der Waals surface area contributed by atoms with Gasteiger partial charge in [-0.05, 0) is 26.9 Å². The first-order valence-corrected chi connectivity index (χ1v) is 3.41. The van der Waals surface area contributed by atoms with E-state index in [4.69, 9.17) is 4.74 Å². The molecule has 0 bridgehead atoms. The lowest BCUT2D eigenvalue weighted by Crippen LogP contribution is -1.89. The Labute approximate surface area is 64.0 Å². The SMILES string of the molecule is C#C.C1CCOC1.CNC. The van der Waals surface area contributed by atoms with E-state index in [0.717, 1.165) is 13.2 Å². The number of terminal acetylenes is 1. The van der Waals surface area contributed by atoms with Gasteiger partial charge in [0.25, 0.3) is 0 Å². The normalized spacial score (nSPS) is 14.0. The highest BCUT2D eigenvalue weighted by Crippen LogP contribution is 1.98. The Hall–Kier alpha value is -0.520. The predicted octanol–water partition coefficient (Wildman–Crippen LogP) is 0.882. The third-order valence-corrected chi connectivity index (χ3v) is 0.827. The molecule has 1 aliphatic heterocycles. The summed E-state index contributed by atoms with van der Waals surface area (Å²) in [6, 6.07) is 0. The molecule has 2 heteroatoms. The van der Waals surface area contributed by atoms with Crippen LogP contribution in [0.15, 0.2) is 0 Å². The highest BCUT2D eigenvalue weighted by Gasteiger charge is 1.94. The van der Waals surface area contributed by atoms with Gasteiger partial charge in [0, 0.05) is 13.2 Å². The summed E-state index contributed by atoms with van der Waals surface area (Å²) in [5, 5.41) is 2.75. The van der Waals surface area contributed by atoms with Gasteiger partial charge in [-0.25, -0.2) is 0 Å². The maximum Gasteiger partial charge on any atom is 0.0466 e. The number of ether oxygens (including phenoxy) is 1. The van der Waals surface area contributed by atoms with Gasteiger partial charge < -0.3 is 10.1 Å². The summed E-state index contributed by atoms with van der Waals surface area (Å²) in [7, 11) is 3.75. The summed E-state index contributed by atoms with van der Waals surface area (Å²) in [5.41, 5.74) is 0. The summed E-state index contributed by atoms with van der Waals surface area (Å²) < 4.78 is 4.94. The Morgan fingerprint density at radius 3 is 1.50 bits per heavy atom. The van der Waals surface area contributed by atoms with Crippen LogP contribution in [0.25, 0.3) is 0 Å². The monoisotopic (exact) mass is 143 g/mol. The van der Waals surface area contributed by atoms with Crippen LogP contribution in [0, 0.1) is 12.8 Å². The van der Waals surface area contributed by atoms with Crippen LogP contribution in [0.3, 0.4) is 0 Å². The second-order valence-electron chi connectivity index (χ2n) is 1.82. The summed E-state index contributed by atoms with van der Waals surface area (Å²) in [4.78, 5) is 0. The van der Waals surface area contributed by atoms with E-state index >= 15 is 0 Å². The van der Waals surface area contributed by atoms with Gasteiger partial charge in [-0.2, -0.15) is 0 Å². The molecule has 0 aromatic rings. The molecule has 1 saturated heterocycles. The van der Waals surface area contributed by atoms with E-state index in [9.17, 15) is 0 Å². The van der Waals surface area contributed by atoms with Crippen molar-refractivity contribution >= 4 is 0 Å². The predicted molar refractivity (Wildman–Crippen MR) is 44.9 cm³/mol. The molecule has 0 spiro atoms. The Morgan fingerprint density at radius 1 is 1.10 bits per heavy atom. The lowest BCUT2D eigenvalue weighted by molar-refractivity contribution is 0.198. The quantitative estimate of drug-likeness (QED) is 0.508. The van der Waals surface area contributed by atoms with Crippen LogP contribution in [0.1, 0.15) is 12.8 Å². The minimum Gasteiger partial charge on any atom is -0.381 e. The lowest BCUT2D eigenvalue weighted by Gasteiger charge is -1.76. The minimum absolute atomic E-state index is 1.00. The molecule has 0 amide bonds. The van der Waals surface area contributed by atoms with E-state index < -0.39 is 0 Å². The molecule has 0 aromatic carbocycles. The van der Waals surface area contributed by atoms with Crippen molar-refractivity contribution in [1.29, 1.82) is 0 Å². The van der Waals surface area contributed by atoms with Crippen LogP contribution in [0.4, 0.5) is 0 Å². The van der Waals surface area contributed by atoms with Crippen molar-refractivity contribution in [2.45, 2.75) is 12.8 Å². The molecule has 0 aromatic heterocycles. The molecule has 0 saturated carbocycles. The Kier molecular flexibility index (Phi) is 19.3. The molecule has 0 radical (unpaired) electrons. The van der Waals surface area contributed by atoms with E-state index in [0.29, 0.717) is 0 Å². The first-order valence-electron chi connectivity index (χ1n) is 3.41. The van der Waals surface area contributed by atoms with Gasteiger partial charge >= 0.3 is 0 Å². The van der Waals surface area contributed by atoms with Crippen molar-refractivity contribution < 1.29 is 4.74 Å². The second-order valence-corrected chi connectivity index (χ2v) is 1.82. The standard InChI is InChI=1S/C4H8O.C2H7N.C2H2/c1-2-4-5-3-1;1-3-2;1-2/h1-4H2;3H,1-2H3;1-2H. The van der Waals surface area contributed by atoms with Crippen LogP contribution < -0.4 is 5.32 Å². The van der Waals surface area contributed by atoms with Crippen LogP contribution in [0.2, 0.25) is 0 Å². The van der Waals surface area contributed by atoms with E-state index in [-0.39, 0.29) is 0 Å². The molecule has 10 heavy (non-hydrogen) atoms. The van der Waals surface area contributed by atoms with Crippen LogP contribution >= 0.6 is 0 Å². The fourth-order valence-corrected chi connectivity index (χ4v) is 0.510. The van der Waals surface area contributed by atoms with Crippen molar-refractivity contribution in [2.75, 3.05) is 27.3 Å². The molecule has 1 rings (SSSR count). The average molecular weight is 143 g/mol. The van der Waals surface area contributed by atoms with Gasteiger partial charge in [0.05, 0.1) is 0 Å². The Balaban J connectivity index is 0. The van der Waals surface area contributed by atoms with Crippen LogP contribution in [-0.4, -0.2) is 27.3 Å². The van der Waals surface area contributed by atoms with Gasteiger partial charge in [-0.3, -0.25) is 0 Å². The van der Waals surface area contributed by atoms with E-state index in [1.165, 1.54) is 12.8 Å². The molecular formula is C8H17NO. The third-order valence-electron chi connectivity index (χ3n) is 0.827. The smallest absolute Gasteiger partial charge is 0.0466 e. The summed E-state index contributed by atoms with van der Waals surface area (Å²) >= 11 is 0. The van der Waals surface area contributed by atoms with Gasteiger partial charge in [-0.15, -0.1) is 12.8 Å². The zero-order valence-electron chi connectivity index (χ0n) is 6.89. The Bertz CT molecular complexity index is 49.9. The summed E-state index contributed by atoms with van der Waals surface area (Å²) in [6.45, 7) is 2.00. The zero-order valence-corrected chi connectivity index (χ0v) is 6.89. The highest BCUT2D eigenvalue weighted by atomic mass is 16.5. The number of rotatable bonds is 0. The van der Waals surface area contributed by atoms with Gasteiger partial charge in [0.1, 0.15) is 0 Å². The number of hydrogen-bond donors (Lipinski definition) is 1. The molecule has 0 aliphatic carbocycles. The zero-order chi connectivity index (χ0) is 8.24. The van der Waals surface area contributed by atoms with Crippen LogP contribution in [0.5, 0.6) is 0 Å². The summed E-state index contributed by atoms with van der Waals surface area (Å²) in [6.07, 6.45) is 10.6. The van der Waals surface area contributed by atoms with Crippen molar-refractivity contribution in [3.05, 3.63) is 0 Å². The first-order chi connectivity index (χ1) is 4.91. The average Bonchev–Trinajstić information content (AvgIpc) is 2.48.